The highest BCUT2D eigenvalue weighted by Gasteiger charge is 2.27. The Balaban J connectivity index is 2.24. The second-order valence-corrected chi connectivity index (χ2v) is 5.58. The van der Waals surface area contributed by atoms with Crippen LogP contribution in [0.3, 0.4) is 0 Å². The van der Waals surface area contributed by atoms with Crippen molar-refractivity contribution in [2.75, 3.05) is 18.0 Å². The van der Waals surface area contributed by atoms with Crippen LogP contribution < -0.4 is 4.90 Å². The lowest BCUT2D eigenvalue weighted by molar-refractivity contribution is -0.117. The molecule has 0 N–H and O–H groups in total. The van der Waals surface area contributed by atoms with Crippen LogP contribution in [0.4, 0.5) is 5.69 Å². The van der Waals surface area contributed by atoms with Crippen molar-refractivity contribution in [3.05, 3.63) is 57.8 Å². The number of hydrogen-bond donors (Lipinski definition) is 0. The van der Waals surface area contributed by atoms with E-state index in [0.717, 1.165) is 0 Å². The Morgan fingerprint density at radius 2 is 2.00 bits per heavy atom. The number of pyridine rings is 1. The predicted octanol–water partition coefficient (Wildman–Crippen LogP) is 3.10. The van der Waals surface area contributed by atoms with Gasteiger partial charge < -0.3 is 0 Å². The van der Waals surface area contributed by atoms with Gasteiger partial charge in [0.15, 0.2) is 0 Å². The molecule has 1 amide bonds. The molecule has 0 spiro atoms. The van der Waals surface area contributed by atoms with Crippen molar-refractivity contribution in [2.24, 2.45) is 4.99 Å². The van der Waals surface area contributed by atoms with E-state index >= 15 is 0 Å². The molecule has 1 aromatic carbocycles. The summed E-state index contributed by atoms with van der Waals surface area (Å²) in [5.74, 6) is -0.279. The highest BCUT2D eigenvalue weighted by Crippen LogP contribution is 2.29. The third-order valence-corrected chi connectivity index (χ3v) is 3.93. The molecule has 1 aliphatic rings. The van der Waals surface area contributed by atoms with Crippen LogP contribution in [0.15, 0.2) is 41.4 Å². The van der Waals surface area contributed by atoms with E-state index in [1.165, 1.54) is 4.90 Å². The number of anilines is 1. The smallest absolute Gasteiger partial charge is 0.249 e. The number of carbonyl (C=O) groups is 1. The summed E-state index contributed by atoms with van der Waals surface area (Å²) in [6.45, 7) is -0.170. The van der Waals surface area contributed by atoms with E-state index < -0.39 is 0 Å². The molecule has 7 heteroatoms. The fraction of sp³-hybridized carbons (Fsp3) is 0.125. The monoisotopic (exact) mass is 344 g/mol. The number of hydrogen-bond acceptors (Lipinski definition) is 4. The minimum absolute atomic E-state index is 0.0829. The molecule has 0 radical (unpaired) electrons. The van der Waals surface area contributed by atoms with E-state index in [9.17, 15) is 4.79 Å². The van der Waals surface area contributed by atoms with Gasteiger partial charge in [0.2, 0.25) is 5.91 Å². The molecular formula is C16H10Cl2N4O. The summed E-state index contributed by atoms with van der Waals surface area (Å²) < 4.78 is 0. The van der Waals surface area contributed by atoms with Crippen molar-refractivity contribution in [3.63, 3.8) is 0 Å². The Morgan fingerprint density at radius 3 is 2.74 bits per heavy atom. The zero-order valence-corrected chi connectivity index (χ0v) is 13.3. The van der Waals surface area contributed by atoms with Crippen molar-refractivity contribution in [1.29, 1.82) is 5.26 Å². The number of halogens is 2. The molecular weight excluding hydrogens is 335 g/mol. The lowest BCUT2D eigenvalue weighted by atomic mass is 10.1. The van der Waals surface area contributed by atoms with Crippen molar-refractivity contribution in [2.45, 2.75) is 0 Å². The Kier molecular flexibility index (Phi) is 4.28. The summed E-state index contributed by atoms with van der Waals surface area (Å²) >= 11 is 12.3. The van der Waals surface area contributed by atoms with Gasteiger partial charge >= 0.3 is 0 Å². The van der Waals surface area contributed by atoms with Crippen LogP contribution in [-0.2, 0) is 4.79 Å². The van der Waals surface area contributed by atoms with Crippen molar-refractivity contribution in [3.8, 4) is 6.07 Å². The second-order valence-electron chi connectivity index (χ2n) is 4.78. The van der Waals surface area contributed by atoms with Crippen LogP contribution in [0.1, 0.15) is 11.3 Å². The third-order valence-electron chi connectivity index (χ3n) is 3.39. The van der Waals surface area contributed by atoms with Crippen LogP contribution in [0.25, 0.3) is 0 Å². The first kappa shape index (κ1) is 15.5. The summed E-state index contributed by atoms with van der Waals surface area (Å²) in [4.78, 5) is 22.3. The van der Waals surface area contributed by atoms with Gasteiger partial charge in [-0.25, -0.2) is 4.98 Å². The van der Waals surface area contributed by atoms with Gasteiger partial charge in [0.05, 0.1) is 22.5 Å². The molecule has 2 heterocycles. The Labute approximate surface area is 142 Å². The van der Waals surface area contributed by atoms with Gasteiger partial charge in [-0.15, -0.1) is 0 Å². The lowest BCUT2D eigenvalue weighted by Crippen LogP contribution is -2.33. The molecule has 0 saturated heterocycles. The molecule has 1 aromatic heterocycles. The zero-order chi connectivity index (χ0) is 16.4. The zero-order valence-electron chi connectivity index (χ0n) is 11.8. The summed E-state index contributed by atoms with van der Waals surface area (Å²) in [7, 11) is 0. The summed E-state index contributed by atoms with van der Waals surface area (Å²) in [6.07, 6.45) is 0. The minimum Gasteiger partial charge on any atom is -0.295 e. The maximum absolute atomic E-state index is 12.3. The van der Waals surface area contributed by atoms with Crippen LogP contribution in [0, 0.1) is 11.3 Å². The number of fused-ring (bicyclic) bond motifs is 1. The van der Waals surface area contributed by atoms with Gasteiger partial charge in [0, 0.05) is 5.56 Å². The maximum Gasteiger partial charge on any atom is 0.249 e. The molecule has 5 nitrogen and oxygen atoms in total. The van der Waals surface area contributed by atoms with Crippen LogP contribution >= 0.6 is 23.2 Å². The topological polar surface area (TPSA) is 69.3 Å². The van der Waals surface area contributed by atoms with Crippen LogP contribution in [0.2, 0.25) is 10.2 Å². The molecule has 0 saturated carbocycles. The average molecular weight is 345 g/mol. The normalized spacial score (nSPS) is 13.9. The van der Waals surface area contributed by atoms with E-state index in [-0.39, 0.29) is 24.1 Å². The molecule has 23 heavy (non-hydrogen) atoms. The number of rotatable bonds is 2. The highest BCUT2D eigenvalue weighted by atomic mass is 35.5. The first-order chi connectivity index (χ1) is 11.1. The SMILES string of the molecule is N#CCN1C(=O)CN=C(c2ccccc2Cl)c2nc(Cl)ccc21. The summed E-state index contributed by atoms with van der Waals surface area (Å²) in [5.41, 5.74) is 2.09. The number of aliphatic imine (C=N–C) groups is 1. The van der Waals surface area contributed by atoms with E-state index in [2.05, 4.69) is 9.98 Å². The first-order valence-corrected chi connectivity index (χ1v) is 7.51. The maximum atomic E-state index is 12.3. The Hall–Kier alpha value is -2.42. The standard InChI is InChI=1S/C16H10Cl2N4O/c17-11-4-2-1-3-10(11)15-16-12(5-6-13(18)21-16)22(8-7-19)14(23)9-20-15/h1-6H,8-9H2. The molecule has 0 atom stereocenters. The summed E-state index contributed by atoms with van der Waals surface area (Å²) in [5, 5.41) is 9.76. The fourth-order valence-electron chi connectivity index (χ4n) is 2.37. The van der Waals surface area contributed by atoms with E-state index in [0.29, 0.717) is 27.7 Å². The predicted molar refractivity (Wildman–Crippen MR) is 89.2 cm³/mol. The molecule has 0 unspecified atom stereocenters. The molecule has 0 fully saturated rings. The van der Waals surface area contributed by atoms with Gasteiger partial charge in [0.1, 0.15) is 23.9 Å². The van der Waals surface area contributed by atoms with Crippen molar-refractivity contribution < 1.29 is 4.79 Å². The van der Waals surface area contributed by atoms with Crippen LogP contribution in [0.5, 0.6) is 0 Å². The van der Waals surface area contributed by atoms with Crippen molar-refractivity contribution >= 4 is 40.5 Å². The molecule has 0 bridgehead atoms. The molecule has 0 aliphatic carbocycles. The van der Waals surface area contributed by atoms with Gasteiger partial charge in [-0.3, -0.25) is 14.7 Å². The van der Waals surface area contributed by atoms with E-state index in [4.69, 9.17) is 28.5 Å². The number of amides is 1. The summed E-state index contributed by atoms with van der Waals surface area (Å²) in [6, 6.07) is 12.4. The third kappa shape index (κ3) is 2.91. The largest absolute Gasteiger partial charge is 0.295 e. The molecule has 114 valence electrons. The Bertz CT molecular complexity index is 857. The Morgan fingerprint density at radius 1 is 1.22 bits per heavy atom. The fourth-order valence-corrected chi connectivity index (χ4v) is 2.74. The van der Waals surface area contributed by atoms with Gasteiger partial charge in [-0.2, -0.15) is 5.26 Å². The van der Waals surface area contributed by atoms with Crippen molar-refractivity contribution in [1.82, 2.24) is 4.98 Å². The number of carbonyl (C=O) groups excluding carboxylic acids is 1. The molecule has 3 rings (SSSR count). The lowest BCUT2D eigenvalue weighted by Gasteiger charge is -2.19. The molecule has 1 aliphatic heterocycles. The quantitative estimate of drug-likeness (QED) is 0.620. The number of nitrogens with zero attached hydrogens (tertiary/aromatic N) is 4. The van der Waals surface area contributed by atoms with E-state index in [1.807, 2.05) is 18.2 Å². The van der Waals surface area contributed by atoms with Crippen LogP contribution in [-0.4, -0.2) is 29.7 Å². The second kappa shape index (κ2) is 6.37. The number of aromatic nitrogens is 1. The average Bonchev–Trinajstić information content (AvgIpc) is 2.66. The van der Waals surface area contributed by atoms with E-state index in [1.54, 1.807) is 24.3 Å². The minimum atomic E-state index is -0.279. The highest BCUT2D eigenvalue weighted by molar-refractivity contribution is 6.36. The van der Waals surface area contributed by atoms with Gasteiger partial charge in [-0.05, 0) is 18.2 Å². The number of nitriles is 1. The first-order valence-electron chi connectivity index (χ1n) is 6.75. The van der Waals surface area contributed by atoms with Gasteiger partial charge in [-0.1, -0.05) is 41.4 Å². The number of benzene rings is 1. The van der Waals surface area contributed by atoms with Gasteiger partial charge in [0.25, 0.3) is 0 Å². The molecule has 2 aromatic rings.